The van der Waals surface area contributed by atoms with Gasteiger partial charge in [0.05, 0.1) is 25.2 Å². The van der Waals surface area contributed by atoms with Gasteiger partial charge in [-0.25, -0.2) is 4.67 Å². The summed E-state index contributed by atoms with van der Waals surface area (Å²) in [6, 6.07) is 24.2. The Morgan fingerprint density at radius 3 is 2.09 bits per heavy atom. The Bertz CT molecular complexity index is 814. The number of hydrogen-bond acceptors (Lipinski definition) is 6. The molecule has 2 atom stereocenters. The first-order valence-electron chi connectivity index (χ1n) is 11.2. The lowest BCUT2D eigenvalue weighted by molar-refractivity contribution is 0.112. The Balaban J connectivity index is 2.03. The van der Waals surface area contributed by atoms with Crippen molar-refractivity contribution < 1.29 is 9.05 Å². The largest absolute Gasteiger partial charge is 0.321 e. The Hall–Kier alpha value is -1.06. The van der Waals surface area contributed by atoms with Crippen molar-refractivity contribution in [2.45, 2.75) is 63.5 Å². The van der Waals surface area contributed by atoms with E-state index in [1.54, 1.807) is 0 Å². The monoisotopic (exact) mass is 488 g/mol. The predicted octanol–water partition coefficient (Wildman–Crippen LogP) is 7.38. The van der Waals surface area contributed by atoms with Gasteiger partial charge in [0.1, 0.15) is 4.75 Å². The summed E-state index contributed by atoms with van der Waals surface area (Å²) in [6.45, 7) is 9.11. The molecular formula is C25H33N2O2PS2. The van der Waals surface area contributed by atoms with E-state index in [2.05, 4.69) is 99.1 Å². The van der Waals surface area contributed by atoms with Crippen molar-refractivity contribution in [2.24, 2.45) is 0 Å². The van der Waals surface area contributed by atoms with Gasteiger partial charge in [-0.2, -0.15) is 5.26 Å². The van der Waals surface area contributed by atoms with Crippen LogP contribution in [0.25, 0.3) is 0 Å². The molecule has 0 saturated carbocycles. The molecule has 1 saturated heterocycles. The molecule has 0 spiro atoms. The molecule has 1 aliphatic rings. The zero-order chi connectivity index (χ0) is 23.0. The van der Waals surface area contributed by atoms with Crippen molar-refractivity contribution in [3.05, 3.63) is 71.8 Å². The predicted molar refractivity (Wildman–Crippen MR) is 138 cm³/mol. The molecule has 1 heterocycles. The summed E-state index contributed by atoms with van der Waals surface area (Å²) in [7, 11) is 2.49. The highest BCUT2D eigenvalue weighted by Crippen LogP contribution is 2.60. The van der Waals surface area contributed by atoms with Gasteiger partial charge in [-0.1, -0.05) is 82.3 Å². The topological polar surface area (TPSA) is 45.5 Å². The number of nitriles is 1. The fourth-order valence-electron chi connectivity index (χ4n) is 4.08. The van der Waals surface area contributed by atoms with Crippen LogP contribution in [0, 0.1) is 11.3 Å². The third-order valence-electron chi connectivity index (χ3n) is 5.39. The molecule has 4 nitrogen and oxygen atoms in total. The van der Waals surface area contributed by atoms with Gasteiger partial charge >= 0.3 is 0 Å². The average molecular weight is 489 g/mol. The maximum Gasteiger partial charge on any atom is 0.259 e. The summed E-state index contributed by atoms with van der Waals surface area (Å²) in [5, 5.41) is 9.05. The molecule has 0 aliphatic carbocycles. The SMILES string of the molecule is CC(C)N(C(C)C)P(OCCC#N)O[C@@H]1CCSSC1(c1ccccc1)c1ccccc1. The first kappa shape index (κ1) is 25.6. The standard InChI is InChI=1S/C25H33N2O2PS2/c1-20(2)27(21(3)4)30(28-18-11-17-26)29-24-16-19-31-32-25(24,22-12-7-5-8-13-22)23-14-9-6-10-15-23/h5-10,12-15,20-21,24H,11,16,18-19H2,1-4H3/t24-,30?/m1/s1. The van der Waals surface area contributed by atoms with Crippen molar-refractivity contribution in [3.8, 4) is 6.07 Å². The van der Waals surface area contributed by atoms with Crippen molar-refractivity contribution in [1.82, 2.24) is 4.67 Å². The van der Waals surface area contributed by atoms with Crippen molar-refractivity contribution in [1.29, 1.82) is 5.26 Å². The number of nitrogens with zero attached hydrogens (tertiary/aromatic N) is 2. The maximum atomic E-state index is 9.05. The summed E-state index contributed by atoms with van der Waals surface area (Å²) in [5.74, 6) is 1.03. The minimum Gasteiger partial charge on any atom is -0.321 e. The van der Waals surface area contributed by atoms with Crippen LogP contribution in [0.2, 0.25) is 0 Å². The molecule has 0 bridgehead atoms. The van der Waals surface area contributed by atoms with Gasteiger partial charge < -0.3 is 9.05 Å². The third-order valence-corrected chi connectivity index (χ3v) is 10.7. The summed E-state index contributed by atoms with van der Waals surface area (Å²) >= 11 is 0. The van der Waals surface area contributed by atoms with Crippen LogP contribution in [0.3, 0.4) is 0 Å². The lowest BCUT2D eigenvalue weighted by atomic mass is 9.84. The van der Waals surface area contributed by atoms with E-state index in [9.17, 15) is 0 Å². The summed E-state index contributed by atoms with van der Waals surface area (Å²) < 4.78 is 15.2. The molecule has 172 valence electrons. The molecular weight excluding hydrogens is 455 g/mol. The molecule has 1 unspecified atom stereocenters. The van der Waals surface area contributed by atoms with E-state index in [-0.39, 0.29) is 22.9 Å². The van der Waals surface area contributed by atoms with Crippen molar-refractivity contribution in [3.63, 3.8) is 0 Å². The van der Waals surface area contributed by atoms with E-state index in [1.807, 2.05) is 21.6 Å². The molecule has 1 fully saturated rings. The molecule has 32 heavy (non-hydrogen) atoms. The number of benzene rings is 2. The normalized spacial score (nSPS) is 19.2. The lowest BCUT2D eigenvalue weighted by Gasteiger charge is -2.46. The molecule has 0 amide bonds. The fraction of sp³-hybridized carbons (Fsp3) is 0.480. The molecule has 0 radical (unpaired) electrons. The van der Waals surface area contributed by atoms with Gasteiger partial charge in [-0.3, -0.25) is 0 Å². The molecule has 0 aromatic heterocycles. The summed E-state index contributed by atoms with van der Waals surface area (Å²) in [6.07, 6.45) is 1.25. The lowest BCUT2D eigenvalue weighted by Crippen LogP contribution is -2.43. The first-order valence-corrected chi connectivity index (χ1v) is 14.6. The van der Waals surface area contributed by atoms with Crippen LogP contribution in [0.15, 0.2) is 60.7 Å². The van der Waals surface area contributed by atoms with Gasteiger partial charge in [0.2, 0.25) is 0 Å². The second-order valence-electron chi connectivity index (χ2n) is 8.30. The van der Waals surface area contributed by atoms with E-state index in [0.717, 1.165) is 12.2 Å². The summed E-state index contributed by atoms with van der Waals surface area (Å²) in [4.78, 5) is 0. The third kappa shape index (κ3) is 5.89. The van der Waals surface area contributed by atoms with Gasteiger partial charge in [0, 0.05) is 17.8 Å². The Morgan fingerprint density at radius 2 is 1.59 bits per heavy atom. The van der Waals surface area contributed by atoms with Crippen molar-refractivity contribution >= 4 is 30.1 Å². The Morgan fingerprint density at radius 1 is 1.03 bits per heavy atom. The second-order valence-corrected chi connectivity index (χ2v) is 12.4. The highest BCUT2D eigenvalue weighted by atomic mass is 33.1. The molecule has 3 rings (SSSR count). The van der Waals surface area contributed by atoms with Gasteiger partial charge in [-0.15, -0.1) is 0 Å². The van der Waals surface area contributed by atoms with Crippen LogP contribution in [-0.4, -0.2) is 35.2 Å². The van der Waals surface area contributed by atoms with Gasteiger partial charge in [0.15, 0.2) is 0 Å². The van der Waals surface area contributed by atoms with E-state index < -0.39 is 8.53 Å². The van der Waals surface area contributed by atoms with E-state index >= 15 is 0 Å². The van der Waals surface area contributed by atoms with Crippen LogP contribution in [-0.2, 0) is 13.8 Å². The molecule has 1 aliphatic heterocycles. The zero-order valence-corrected chi connectivity index (χ0v) is 21.8. The zero-order valence-electron chi connectivity index (χ0n) is 19.3. The molecule has 2 aromatic rings. The smallest absolute Gasteiger partial charge is 0.259 e. The maximum absolute atomic E-state index is 9.05. The number of hydrogen-bond donors (Lipinski definition) is 0. The Kier molecular flexibility index (Phi) is 9.92. The Labute approximate surface area is 202 Å². The molecule has 2 aromatic carbocycles. The van der Waals surface area contributed by atoms with Crippen molar-refractivity contribution in [2.75, 3.05) is 12.4 Å². The van der Waals surface area contributed by atoms with E-state index in [0.29, 0.717) is 13.0 Å². The van der Waals surface area contributed by atoms with Gasteiger partial charge in [-0.05, 0) is 45.2 Å². The second kappa shape index (κ2) is 12.4. The number of rotatable bonds is 10. The first-order chi connectivity index (χ1) is 15.5. The van der Waals surface area contributed by atoms with Crippen LogP contribution in [0.5, 0.6) is 0 Å². The minimum atomic E-state index is -1.32. The minimum absolute atomic E-state index is 0.0493. The van der Waals surface area contributed by atoms with E-state index in [4.69, 9.17) is 14.3 Å². The highest BCUT2D eigenvalue weighted by Gasteiger charge is 2.48. The van der Waals surface area contributed by atoms with Crippen LogP contribution < -0.4 is 0 Å². The highest BCUT2D eigenvalue weighted by molar-refractivity contribution is 8.77. The quantitative estimate of drug-likeness (QED) is 0.198. The van der Waals surface area contributed by atoms with Crippen LogP contribution >= 0.6 is 30.1 Å². The molecule has 0 N–H and O–H groups in total. The average Bonchev–Trinajstić information content (AvgIpc) is 2.80. The fourth-order valence-corrected chi connectivity index (χ4v) is 9.25. The van der Waals surface area contributed by atoms with E-state index in [1.165, 1.54) is 11.1 Å². The van der Waals surface area contributed by atoms with Gasteiger partial charge in [0.25, 0.3) is 8.53 Å². The van der Waals surface area contributed by atoms with Crippen LogP contribution in [0.1, 0.15) is 51.7 Å². The summed E-state index contributed by atoms with van der Waals surface area (Å²) in [5.41, 5.74) is 2.50. The molecule has 7 heteroatoms. The van der Waals surface area contributed by atoms with Crippen LogP contribution in [0.4, 0.5) is 0 Å².